The van der Waals surface area contributed by atoms with Crippen LogP contribution in [0, 0.1) is 27.7 Å². The molecule has 130 valence electrons. The smallest absolute Gasteiger partial charge is 0.140 e. The Morgan fingerprint density at radius 1 is 1.00 bits per heavy atom. The fourth-order valence-corrected chi connectivity index (χ4v) is 2.71. The number of aromatic nitrogens is 1. The molecule has 1 aromatic heterocycles. The number of hydrogen-bond donors (Lipinski definition) is 1. The first-order chi connectivity index (χ1) is 12.0. The molecule has 0 unspecified atom stereocenters. The number of rotatable bonds is 6. The number of anilines is 1. The van der Waals surface area contributed by atoms with Crippen molar-refractivity contribution in [3.63, 3.8) is 0 Å². The maximum absolute atomic E-state index is 5.84. The molecule has 2 aromatic carbocycles. The fraction of sp³-hybridized carbons (Fsp3) is 0.286. The molecule has 4 heteroatoms. The Labute approximate surface area is 148 Å². The predicted molar refractivity (Wildman–Crippen MR) is 100.0 cm³/mol. The van der Waals surface area contributed by atoms with Crippen molar-refractivity contribution in [1.29, 1.82) is 0 Å². The molecular weight excluding hydrogens is 312 g/mol. The maximum Gasteiger partial charge on any atom is 0.140 e. The summed E-state index contributed by atoms with van der Waals surface area (Å²) in [6.07, 6.45) is 0. The van der Waals surface area contributed by atoms with E-state index in [1.54, 1.807) is 0 Å². The van der Waals surface area contributed by atoms with Crippen molar-refractivity contribution in [2.75, 3.05) is 5.32 Å². The molecule has 0 saturated carbocycles. The molecule has 0 saturated heterocycles. The van der Waals surface area contributed by atoms with Crippen LogP contribution in [0.2, 0.25) is 0 Å². The first-order valence-electron chi connectivity index (χ1n) is 8.48. The lowest BCUT2D eigenvalue weighted by molar-refractivity contribution is 0.301. The second kappa shape index (κ2) is 7.43. The summed E-state index contributed by atoms with van der Waals surface area (Å²) in [6, 6.07) is 14.5. The molecule has 1 heterocycles. The molecule has 0 fully saturated rings. The molecule has 3 aromatic rings. The monoisotopic (exact) mass is 336 g/mol. The lowest BCUT2D eigenvalue weighted by Crippen LogP contribution is -2.02. The number of ether oxygens (including phenoxy) is 1. The van der Waals surface area contributed by atoms with E-state index >= 15 is 0 Å². The van der Waals surface area contributed by atoms with E-state index in [9.17, 15) is 0 Å². The van der Waals surface area contributed by atoms with Gasteiger partial charge in [-0.15, -0.1) is 0 Å². The summed E-state index contributed by atoms with van der Waals surface area (Å²) in [5.41, 5.74) is 6.88. The normalized spacial score (nSPS) is 10.7. The van der Waals surface area contributed by atoms with Gasteiger partial charge in [-0.05, 0) is 62.6 Å². The molecule has 0 atom stereocenters. The van der Waals surface area contributed by atoms with Crippen LogP contribution in [-0.2, 0) is 13.2 Å². The number of nitrogens with one attached hydrogen (secondary N) is 1. The molecular formula is C21H24N2O2. The summed E-state index contributed by atoms with van der Waals surface area (Å²) in [5, 5.41) is 7.44. The van der Waals surface area contributed by atoms with Gasteiger partial charge in [0.15, 0.2) is 0 Å². The zero-order chi connectivity index (χ0) is 17.8. The van der Waals surface area contributed by atoms with Gasteiger partial charge in [0, 0.05) is 12.2 Å². The quantitative estimate of drug-likeness (QED) is 0.680. The van der Waals surface area contributed by atoms with Gasteiger partial charge in [0.1, 0.15) is 18.1 Å². The van der Waals surface area contributed by atoms with Gasteiger partial charge in [-0.1, -0.05) is 29.4 Å². The topological polar surface area (TPSA) is 47.3 Å². The lowest BCUT2D eigenvalue weighted by Gasteiger charge is -2.12. The van der Waals surface area contributed by atoms with E-state index < -0.39 is 0 Å². The minimum atomic E-state index is 0.473. The van der Waals surface area contributed by atoms with Crippen LogP contribution >= 0.6 is 0 Å². The molecule has 4 nitrogen and oxygen atoms in total. The summed E-state index contributed by atoms with van der Waals surface area (Å²) in [4.78, 5) is 0. The van der Waals surface area contributed by atoms with E-state index in [0.29, 0.717) is 6.61 Å². The van der Waals surface area contributed by atoms with Crippen LogP contribution in [0.25, 0.3) is 0 Å². The Balaban J connectivity index is 1.58. The third-order valence-electron chi connectivity index (χ3n) is 4.58. The standard InChI is InChI=1S/C21H24N2O2/c1-14-6-5-7-21(15(14)2)22-12-18-8-10-19(11-9-18)24-13-20-16(3)23-25-17(20)4/h5-11,22H,12-13H2,1-4H3. The highest BCUT2D eigenvalue weighted by atomic mass is 16.5. The molecule has 0 aliphatic rings. The summed E-state index contributed by atoms with van der Waals surface area (Å²) in [7, 11) is 0. The fourth-order valence-electron chi connectivity index (χ4n) is 2.71. The van der Waals surface area contributed by atoms with Crippen molar-refractivity contribution in [2.24, 2.45) is 0 Å². The van der Waals surface area contributed by atoms with E-state index in [-0.39, 0.29) is 0 Å². The van der Waals surface area contributed by atoms with Crippen LogP contribution in [0.1, 0.15) is 33.7 Å². The van der Waals surface area contributed by atoms with Crippen molar-refractivity contribution in [3.8, 4) is 5.75 Å². The number of nitrogens with zero attached hydrogens (tertiary/aromatic N) is 1. The van der Waals surface area contributed by atoms with Crippen LogP contribution in [0.15, 0.2) is 47.0 Å². The summed E-state index contributed by atoms with van der Waals surface area (Å²) >= 11 is 0. The van der Waals surface area contributed by atoms with Gasteiger partial charge in [0.05, 0.1) is 11.3 Å². The number of aryl methyl sites for hydroxylation is 3. The van der Waals surface area contributed by atoms with Gasteiger partial charge in [0.25, 0.3) is 0 Å². The number of hydrogen-bond acceptors (Lipinski definition) is 4. The van der Waals surface area contributed by atoms with Crippen LogP contribution in [-0.4, -0.2) is 5.16 Å². The predicted octanol–water partition coefficient (Wildman–Crippen LogP) is 5.10. The molecule has 1 N–H and O–H groups in total. The molecule has 0 aliphatic carbocycles. The van der Waals surface area contributed by atoms with E-state index in [1.807, 2.05) is 26.0 Å². The van der Waals surface area contributed by atoms with Gasteiger partial charge in [0.2, 0.25) is 0 Å². The molecule has 0 aliphatic heterocycles. The Bertz CT molecular complexity index is 831. The van der Waals surface area contributed by atoms with Crippen LogP contribution in [0.3, 0.4) is 0 Å². The third kappa shape index (κ3) is 4.02. The first kappa shape index (κ1) is 17.1. The largest absolute Gasteiger partial charge is 0.489 e. The zero-order valence-electron chi connectivity index (χ0n) is 15.2. The van der Waals surface area contributed by atoms with Gasteiger partial charge in [-0.2, -0.15) is 0 Å². The van der Waals surface area contributed by atoms with Gasteiger partial charge < -0.3 is 14.6 Å². The van der Waals surface area contributed by atoms with Gasteiger partial charge >= 0.3 is 0 Å². The van der Waals surface area contributed by atoms with E-state index in [2.05, 4.69) is 54.7 Å². The first-order valence-corrected chi connectivity index (χ1v) is 8.48. The highest BCUT2D eigenvalue weighted by Crippen LogP contribution is 2.21. The van der Waals surface area contributed by atoms with E-state index in [4.69, 9.17) is 9.26 Å². The van der Waals surface area contributed by atoms with Gasteiger partial charge in [-0.25, -0.2) is 0 Å². The summed E-state index contributed by atoms with van der Waals surface area (Å²) in [5.74, 6) is 1.65. The van der Waals surface area contributed by atoms with Crippen molar-refractivity contribution in [3.05, 3.63) is 76.2 Å². The average molecular weight is 336 g/mol. The van der Waals surface area contributed by atoms with Gasteiger partial charge in [-0.3, -0.25) is 0 Å². The lowest BCUT2D eigenvalue weighted by atomic mass is 10.1. The molecule has 0 radical (unpaired) electrons. The van der Waals surface area contributed by atoms with Crippen molar-refractivity contribution in [2.45, 2.75) is 40.8 Å². The molecule has 3 rings (SSSR count). The highest BCUT2D eigenvalue weighted by Gasteiger charge is 2.09. The van der Waals surface area contributed by atoms with Crippen LogP contribution < -0.4 is 10.1 Å². The second-order valence-electron chi connectivity index (χ2n) is 6.34. The molecule has 0 amide bonds. The Hall–Kier alpha value is -2.75. The van der Waals surface area contributed by atoms with E-state index in [0.717, 1.165) is 29.3 Å². The van der Waals surface area contributed by atoms with Crippen molar-refractivity contribution >= 4 is 5.69 Å². The number of benzene rings is 2. The second-order valence-corrected chi connectivity index (χ2v) is 6.34. The SMILES string of the molecule is Cc1cccc(NCc2ccc(OCc3c(C)noc3C)cc2)c1C. The Morgan fingerprint density at radius 3 is 2.44 bits per heavy atom. The van der Waals surface area contributed by atoms with Crippen molar-refractivity contribution < 1.29 is 9.26 Å². The molecule has 0 spiro atoms. The summed E-state index contributed by atoms with van der Waals surface area (Å²) < 4.78 is 11.0. The minimum Gasteiger partial charge on any atom is -0.489 e. The highest BCUT2D eigenvalue weighted by molar-refractivity contribution is 5.54. The molecule has 0 bridgehead atoms. The Kier molecular flexibility index (Phi) is 5.08. The third-order valence-corrected chi connectivity index (χ3v) is 4.58. The van der Waals surface area contributed by atoms with E-state index in [1.165, 1.54) is 22.4 Å². The maximum atomic E-state index is 5.84. The van der Waals surface area contributed by atoms with Crippen molar-refractivity contribution in [1.82, 2.24) is 5.16 Å². The molecule has 25 heavy (non-hydrogen) atoms. The van der Waals surface area contributed by atoms with Crippen LogP contribution in [0.4, 0.5) is 5.69 Å². The Morgan fingerprint density at radius 2 is 1.76 bits per heavy atom. The summed E-state index contributed by atoms with van der Waals surface area (Å²) in [6.45, 7) is 9.36. The zero-order valence-corrected chi connectivity index (χ0v) is 15.2. The average Bonchev–Trinajstić information content (AvgIpc) is 2.93. The minimum absolute atomic E-state index is 0.473. The van der Waals surface area contributed by atoms with Crippen LogP contribution in [0.5, 0.6) is 5.75 Å².